The summed E-state index contributed by atoms with van der Waals surface area (Å²) < 4.78 is 6.43. The summed E-state index contributed by atoms with van der Waals surface area (Å²) in [5.41, 5.74) is 14.9. The fraction of sp³-hybridized carbons (Fsp3) is 0. The molecule has 8 bridgehead atoms. The van der Waals surface area contributed by atoms with E-state index in [4.69, 9.17) is 9.97 Å². The predicted molar refractivity (Wildman–Crippen MR) is 237 cm³/mol. The van der Waals surface area contributed by atoms with Crippen LogP contribution in [-0.2, 0) is 0 Å². The minimum atomic E-state index is 0. The number of nitrogens with zero attached hydrogens (tertiary/aromatic N) is 3. The van der Waals surface area contributed by atoms with Crippen LogP contribution in [0.3, 0.4) is 0 Å². The minimum absolute atomic E-state index is 0. The molecule has 274 valence electrons. The second kappa shape index (κ2) is 18.6. The first kappa shape index (κ1) is 43.9. The molecule has 1 N–H and O–H groups in total. The average molecular weight is 1060 g/mol. The van der Waals surface area contributed by atoms with E-state index in [2.05, 4.69) is 225 Å². The minimum Gasteiger partial charge on any atom is -1.00 e. The number of hydrogen-bond acceptors (Lipinski definition) is 2. The molecule has 0 radical (unpaired) electrons. The first-order valence-electron chi connectivity index (χ1n) is 16.6. The first-order chi connectivity index (χ1) is 25.4. The molecule has 5 heterocycles. The summed E-state index contributed by atoms with van der Waals surface area (Å²) in [6.45, 7) is 0. The smallest absolute Gasteiger partial charge is 1.00 e. The summed E-state index contributed by atoms with van der Waals surface area (Å²) in [7, 11) is 0. The van der Waals surface area contributed by atoms with Crippen LogP contribution in [0, 0.1) is 0 Å². The summed E-state index contributed by atoms with van der Waals surface area (Å²) in [5, 5.41) is 0. The molecule has 4 nitrogen and oxygen atoms in total. The van der Waals surface area contributed by atoms with Gasteiger partial charge >= 0.3 is 17.4 Å². The Balaban J connectivity index is 0.00000150. The van der Waals surface area contributed by atoms with Gasteiger partial charge in [0.1, 0.15) is 0 Å². The van der Waals surface area contributed by atoms with Gasteiger partial charge < -0.3 is 46.8 Å². The first-order valence-corrected chi connectivity index (χ1v) is 19.7. The summed E-state index contributed by atoms with van der Waals surface area (Å²) >= 11 is 14.8. The third kappa shape index (κ3) is 8.78. The van der Waals surface area contributed by atoms with E-state index in [9.17, 15) is 0 Å². The van der Waals surface area contributed by atoms with Crippen molar-refractivity contribution >= 4 is 127 Å². The van der Waals surface area contributed by atoms with E-state index in [-0.39, 0.29) is 54.6 Å². The van der Waals surface area contributed by atoms with Crippen molar-refractivity contribution in [3.05, 3.63) is 168 Å². The predicted octanol–water partition coefficient (Wildman–Crippen LogP) is 4.80. The zero-order valence-electron chi connectivity index (χ0n) is 29.0. The van der Waals surface area contributed by atoms with Crippen LogP contribution in [0.5, 0.6) is 0 Å². The van der Waals surface area contributed by atoms with Crippen LogP contribution in [-0.4, -0.2) is 36.9 Å². The van der Waals surface area contributed by atoms with Crippen molar-refractivity contribution in [1.29, 1.82) is 0 Å². The Labute approximate surface area is 387 Å². The molecule has 0 saturated carbocycles. The Morgan fingerprint density at radius 2 is 0.839 bits per heavy atom. The second-order valence-electron chi connectivity index (χ2n) is 12.5. The van der Waals surface area contributed by atoms with E-state index >= 15 is 0 Å². The van der Waals surface area contributed by atoms with Crippen LogP contribution in [0.1, 0.15) is 22.8 Å². The molecule has 0 amide bonds. The Morgan fingerprint density at radius 1 is 0.429 bits per heavy atom. The number of halogens is 7. The third-order valence-corrected chi connectivity index (χ3v) is 11.3. The maximum atomic E-state index is 5.32. The molecular weight excluding hydrogens is 1040 g/mol. The molecule has 9 rings (SSSR count). The molecule has 2 aliphatic rings. The number of nitrogens with one attached hydrogen (secondary N) is 1. The van der Waals surface area contributed by atoms with Gasteiger partial charge in [0, 0.05) is 51.3 Å². The number of fused-ring (bicyclic) bond motifs is 8. The number of H-pyrrole nitrogens is 1. The topological polar surface area (TPSA) is 46.5 Å². The normalized spacial score (nSPS) is 11.2. The molecule has 0 aliphatic carbocycles. The number of aromatic amines is 1. The van der Waals surface area contributed by atoms with Crippen molar-refractivity contribution in [3.8, 4) is 39.1 Å². The van der Waals surface area contributed by atoms with Gasteiger partial charge in [-0.25, -0.2) is 9.97 Å². The van der Waals surface area contributed by atoms with E-state index in [1.54, 1.807) is 0 Å². The van der Waals surface area contributed by atoms with E-state index in [1.807, 2.05) is 0 Å². The molecule has 56 heavy (non-hydrogen) atoms. The van der Waals surface area contributed by atoms with Gasteiger partial charge in [-0.2, -0.15) is 0 Å². The van der Waals surface area contributed by atoms with Crippen molar-refractivity contribution in [2.24, 2.45) is 0 Å². The second-order valence-corrected chi connectivity index (χ2v) is 16.2. The molecule has 0 fully saturated rings. The Morgan fingerprint density at radius 3 is 1.36 bits per heavy atom. The quantitative estimate of drug-likeness (QED) is 0.258. The fourth-order valence-corrected chi connectivity index (χ4v) is 7.92. The zero-order valence-corrected chi connectivity index (χ0v) is 38.8. The van der Waals surface area contributed by atoms with Crippen LogP contribution in [0.25, 0.3) is 85.4 Å². The molecule has 2 aliphatic heterocycles. The van der Waals surface area contributed by atoms with Gasteiger partial charge in [0.05, 0.1) is 33.8 Å². The molecular formula is C44H26AlBr4Cl3N4. The van der Waals surface area contributed by atoms with E-state index in [1.165, 1.54) is 0 Å². The molecule has 3 aromatic heterocycles. The Hall–Kier alpha value is -3.20. The van der Waals surface area contributed by atoms with Crippen LogP contribution in [0.2, 0.25) is 0 Å². The molecule has 7 aromatic rings. The molecule has 0 spiro atoms. The molecule has 12 heteroatoms. The molecule has 0 saturated heterocycles. The van der Waals surface area contributed by atoms with Gasteiger partial charge in [0.15, 0.2) is 0 Å². The summed E-state index contributed by atoms with van der Waals surface area (Å²) in [4.78, 5) is 14.0. The Bertz CT molecular complexity index is 2760. The SMILES string of the molecule is Brc1ccc(-c2c(-c3ccc(Br)cc3)c3c(-c4ccc(Br)cc4)c4nc(cc5ccc(cc6nc(cc2n3-c2ccc(Br)cc2)C=C6)[nH]5)C=C4)cc1.[Al+3].[Cl-].[Cl-].[Cl-]. The number of benzene rings is 4. The van der Waals surface area contributed by atoms with Crippen molar-refractivity contribution in [2.75, 3.05) is 0 Å². The third-order valence-electron chi connectivity index (χ3n) is 9.15. The molecule has 0 unspecified atom stereocenters. The van der Waals surface area contributed by atoms with Crippen LogP contribution >= 0.6 is 63.7 Å². The largest absolute Gasteiger partial charge is 3.00 e. The van der Waals surface area contributed by atoms with E-state index < -0.39 is 0 Å². The number of aromatic nitrogens is 4. The maximum Gasteiger partial charge on any atom is 3.00 e. The average Bonchev–Trinajstić information content (AvgIpc) is 3.95. The van der Waals surface area contributed by atoms with Crippen molar-refractivity contribution < 1.29 is 37.2 Å². The van der Waals surface area contributed by atoms with Gasteiger partial charge in [-0.15, -0.1) is 0 Å². The van der Waals surface area contributed by atoms with E-state index in [0.29, 0.717) is 0 Å². The monoisotopic (exact) mass is 1060 g/mol. The van der Waals surface area contributed by atoms with Gasteiger partial charge in [-0.3, -0.25) is 0 Å². The van der Waals surface area contributed by atoms with Gasteiger partial charge in [-0.05, 0) is 132 Å². The van der Waals surface area contributed by atoms with Crippen molar-refractivity contribution in [1.82, 2.24) is 19.5 Å². The van der Waals surface area contributed by atoms with Crippen LogP contribution in [0.15, 0.2) is 145 Å². The van der Waals surface area contributed by atoms with Crippen LogP contribution < -0.4 is 37.2 Å². The number of rotatable bonds is 4. The number of hydrogen-bond donors (Lipinski definition) is 1. The van der Waals surface area contributed by atoms with Crippen LogP contribution in [0.4, 0.5) is 0 Å². The molecule has 0 atom stereocenters. The fourth-order valence-electron chi connectivity index (χ4n) is 6.86. The van der Waals surface area contributed by atoms with Gasteiger partial charge in [0.25, 0.3) is 0 Å². The maximum absolute atomic E-state index is 5.32. The van der Waals surface area contributed by atoms with Crippen molar-refractivity contribution in [3.63, 3.8) is 0 Å². The van der Waals surface area contributed by atoms with Gasteiger partial charge in [0.2, 0.25) is 0 Å². The summed E-state index contributed by atoms with van der Waals surface area (Å²) in [6, 6.07) is 44.8. The Kier molecular flexibility index (Phi) is 14.6. The molecule has 4 aromatic carbocycles. The van der Waals surface area contributed by atoms with E-state index in [0.717, 1.165) is 102 Å². The standard InChI is InChI=1S/C44H26Br4N4.Al.3ClH/c45-29-7-1-26(2-8-29)41-39-22-19-36(51-39)24-35-16-15-33(49-35)23-34-17-18-37(50-34)25-40-42(27-3-9-30(46)10-4-27)43(28-5-11-31(47)12-6-28)44(41)52(40)38-20-13-32(48)14-21-38;;;;/h1-25,49H;;3*1H/q;+3;;;/p-3. The summed E-state index contributed by atoms with van der Waals surface area (Å²) in [5.74, 6) is 0. The summed E-state index contributed by atoms with van der Waals surface area (Å²) in [6.07, 6.45) is 8.39. The van der Waals surface area contributed by atoms with Gasteiger partial charge in [-0.1, -0.05) is 100 Å². The van der Waals surface area contributed by atoms with Crippen molar-refractivity contribution in [2.45, 2.75) is 0 Å². The zero-order chi connectivity index (χ0) is 35.3.